The second-order valence-electron chi connectivity index (χ2n) is 5.24. The van der Waals surface area contributed by atoms with Gasteiger partial charge in [0, 0.05) is 11.1 Å². The van der Waals surface area contributed by atoms with Gasteiger partial charge >= 0.3 is 0 Å². The molecule has 0 aliphatic heterocycles. The first-order chi connectivity index (χ1) is 10.1. The SMILES string of the molecule is CCCOc1ccccc1C(NN)c1c(C)oc(C)c1C. The number of hydrogen-bond donors (Lipinski definition) is 2. The van der Waals surface area contributed by atoms with E-state index in [1.807, 2.05) is 38.1 Å². The Kier molecular flexibility index (Phi) is 5.04. The quantitative estimate of drug-likeness (QED) is 0.630. The molecule has 1 unspecified atom stereocenters. The van der Waals surface area contributed by atoms with E-state index in [-0.39, 0.29) is 6.04 Å². The van der Waals surface area contributed by atoms with Crippen LogP contribution in [0.1, 0.15) is 47.6 Å². The third-order valence-corrected chi connectivity index (χ3v) is 3.76. The highest BCUT2D eigenvalue weighted by Gasteiger charge is 2.24. The number of aryl methyl sites for hydroxylation is 2. The molecule has 1 heterocycles. The van der Waals surface area contributed by atoms with E-state index in [1.165, 1.54) is 0 Å². The van der Waals surface area contributed by atoms with Crippen LogP contribution < -0.4 is 16.0 Å². The summed E-state index contributed by atoms with van der Waals surface area (Å²) in [5.74, 6) is 8.51. The number of benzene rings is 1. The standard InChI is InChI=1S/C17H24N2O2/c1-5-10-20-15-9-7-6-8-14(15)17(19-18)16-11(2)12(3)21-13(16)4/h6-9,17,19H,5,10,18H2,1-4H3. The molecule has 1 aromatic heterocycles. The molecular formula is C17H24N2O2. The van der Waals surface area contributed by atoms with Crippen molar-refractivity contribution in [3.8, 4) is 5.75 Å². The van der Waals surface area contributed by atoms with E-state index >= 15 is 0 Å². The van der Waals surface area contributed by atoms with Gasteiger partial charge in [-0.2, -0.15) is 0 Å². The van der Waals surface area contributed by atoms with E-state index in [0.29, 0.717) is 6.61 Å². The van der Waals surface area contributed by atoms with Gasteiger partial charge in [0.05, 0.1) is 12.6 Å². The van der Waals surface area contributed by atoms with Gasteiger partial charge in [0.15, 0.2) is 0 Å². The third kappa shape index (κ3) is 3.12. The summed E-state index contributed by atoms with van der Waals surface area (Å²) in [6.45, 7) is 8.78. The maximum Gasteiger partial charge on any atom is 0.124 e. The highest BCUT2D eigenvalue weighted by molar-refractivity contribution is 5.45. The van der Waals surface area contributed by atoms with Crippen LogP contribution in [0.2, 0.25) is 0 Å². The molecule has 0 aliphatic carbocycles. The van der Waals surface area contributed by atoms with Crippen LogP contribution in [-0.2, 0) is 0 Å². The van der Waals surface area contributed by atoms with E-state index in [2.05, 4.69) is 19.3 Å². The lowest BCUT2D eigenvalue weighted by Crippen LogP contribution is -2.30. The molecule has 3 N–H and O–H groups in total. The van der Waals surface area contributed by atoms with Crippen LogP contribution in [0, 0.1) is 20.8 Å². The monoisotopic (exact) mass is 288 g/mol. The van der Waals surface area contributed by atoms with Crippen LogP contribution in [-0.4, -0.2) is 6.61 Å². The smallest absolute Gasteiger partial charge is 0.124 e. The van der Waals surface area contributed by atoms with Crippen molar-refractivity contribution in [2.75, 3.05) is 6.61 Å². The highest BCUT2D eigenvalue weighted by atomic mass is 16.5. The highest BCUT2D eigenvalue weighted by Crippen LogP contribution is 2.35. The summed E-state index contributed by atoms with van der Waals surface area (Å²) in [5, 5.41) is 0. The van der Waals surface area contributed by atoms with Gasteiger partial charge in [-0.05, 0) is 38.8 Å². The molecule has 1 aromatic carbocycles. The number of hydrazine groups is 1. The summed E-state index contributed by atoms with van der Waals surface area (Å²) < 4.78 is 11.6. The van der Waals surface area contributed by atoms with Crippen LogP contribution >= 0.6 is 0 Å². The molecule has 0 saturated carbocycles. The Balaban J connectivity index is 2.46. The van der Waals surface area contributed by atoms with E-state index in [4.69, 9.17) is 15.0 Å². The second-order valence-corrected chi connectivity index (χ2v) is 5.24. The van der Waals surface area contributed by atoms with E-state index in [9.17, 15) is 0 Å². The number of rotatable bonds is 6. The topological polar surface area (TPSA) is 60.4 Å². The third-order valence-electron chi connectivity index (χ3n) is 3.76. The molecule has 114 valence electrons. The zero-order valence-electron chi connectivity index (χ0n) is 13.2. The molecule has 2 rings (SSSR count). The predicted molar refractivity (Wildman–Crippen MR) is 84.3 cm³/mol. The van der Waals surface area contributed by atoms with Crippen LogP contribution in [0.3, 0.4) is 0 Å². The number of nitrogens with two attached hydrogens (primary N) is 1. The summed E-state index contributed by atoms with van der Waals surface area (Å²) in [6, 6.07) is 7.85. The van der Waals surface area contributed by atoms with Crippen LogP contribution in [0.15, 0.2) is 28.7 Å². The summed E-state index contributed by atoms with van der Waals surface area (Å²) in [7, 11) is 0. The Bertz CT molecular complexity index is 605. The molecule has 1 atom stereocenters. The lowest BCUT2D eigenvalue weighted by molar-refractivity contribution is 0.311. The van der Waals surface area contributed by atoms with Crippen molar-refractivity contribution in [2.24, 2.45) is 5.84 Å². The molecule has 21 heavy (non-hydrogen) atoms. The maximum absolute atomic E-state index is 5.85. The normalized spacial score (nSPS) is 12.4. The van der Waals surface area contributed by atoms with Gasteiger partial charge in [-0.25, -0.2) is 5.43 Å². The molecule has 0 amide bonds. The van der Waals surface area contributed by atoms with Crippen molar-refractivity contribution in [1.82, 2.24) is 5.43 Å². The van der Waals surface area contributed by atoms with Crippen molar-refractivity contribution < 1.29 is 9.15 Å². The van der Waals surface area contributed by atoms with Gasteiger partial charge in [-0.1, -0.05) is 25.1 Å². The largest absolute Gasteiger partial charge is 0.493 e. The van der Waals surface area contributed by atoms with Gasteiger partial charge in [0.2, 0.25) is 0 Å². The number of hydrogen-bond acceptors (Lipinski definition) is 4. The van der Waals surface area contributed by atoms with Crippen molar-refractivity contribution >= 4 is 0 Å². The zero-order valence-corrected chi connectivity index (χ0v) is 13.2. The molecule has 0 spiro atoms. The molecule has 0 radical (unpaired) electrons. The second kappa shape index (κ2) is 6.78. The van der Waals surface area contributed by atoms with Crippen molar-refractivity contribution in [3.63, 3.8) is 0 Å². The zero-order chi connectivity index (χ0) is 15.4. The number of ether oxygens (including phenoxy) is 1. The van der Waals surface area contributed by atoms with E-state index < -0.39 is 0 Å². The molecule has 0 saturated heterocycles. The van der Waals surface area contributed by atoms with Crippen molar-refractivity contribution in [2.45, 2.75) is 40.2 Å². The molecule has 0 aliphatic rings. The summed E-state index contributed by atoms with van der Waals surface area (Å²) >= 11 is 0. The maximum atomic E-state index is 5.85. The lowest BCUT2D eigenvalue weighted by Gasteiger charge is -2.20. The number of furan rings is 1. The Morgan fingerprint density at radius 1 is 1.19 bits per heavy atom. The first-order valence-electron chi connectivity index (χ1n) is 7.34. The predicted octanol–water partition coefficient (Wildman–Crippen LogP) is 3.55. The van der Waals surface area contributed by atoms with Gasteiger partial charge in [0.1, 0.15) is 17.3 Å². The van der Waals surface area contributed by atoms with Crippen LogP contribution in [0.5, 0.6) is 5.75 Å². The Morgan fingerprint density at radius 3 is 2.48 bits per heavy atom. The number of para-hydroxylation sites is 1. The van der Waals surface area contributed by atoms with E-state index in [1.54, 1.807) is 0 Å². The van der Waals surface area contributed by atoms with Crippen LogP contribution in [0.25, 0.3) is 0 Å². The molecule has 4 heteroatoms. The van der Waals surface area contributed by atoms with E-state index in [0.717, 1.165) is 40.4 Å². The fourth-order valence-corrected chi connectivity index (χ4v) is 2.63. The Hall–Kier alpha value is -1.78. The fraction of sp³-hybridized carbons (Fsp3) is 0.412. The molecule has 4 nitrogen and oxygen atoms in total. The van der Waals surface area contributed by atoms with Gasteiger partial charge in [-0.3, -0.25) is 5.84 Å². The fourth-order valence-electron chi connectivity index (χ4n) is 2.63. The van der Waals surface area contributed by atoms with Crippen LogP contribution in [0.4, 0.5) is 0 Å². The first-order valence-corrected chi connectivity index (χ1v) is 7.34. The number of nitrogens with one attached hydrogen (secondary N) is 1. The molecular weight excluding hydrogens is 264 g/mol. The lowest BCUT2D eigenvalue weighted by atomic mass is 9.95. The molecule has 0 fully saturated rings. The van der Waals surface area contributed by atoms with Gasteiger partial charge in [-0.15, -0.1) is 0 Å². The average molecular weight is 288 g/mol. The summed E-state index contributed by atoms with van der Waals surface area (Å²) in [4.78, 5) is 0. The average Bonchev–Trinajstić information content (AvgIpc) is 2.73. The molecule has 0 bridgehead atoms. The summed E-state index contributed by atoms with van der Waals surface area (Å²) in [5.41, 5.74) is 6.15. The first kappa shape index (κ1) is 15.6. The van der Waals surface area contributed by atoms with Crippen molar-refractivity contribution in [3.05, 3.63) is 52.5 Å². The Labute approximate surface area is 126 Å². The molecule has 2 aromatic rings. The van der Waals surface area contributed by atoms with Gasteiger partial charge in [0.25, 0.3) is 0 Å². The minimum Gasteiger partial charge on any atom is -0.493 e. The van der Waals surface area contributed by atoms with Gasteiger partial charge < -0.3 is 9.15 Å². The minimum atomic E-state index is -0.143. The van der Waals surface area contributed by atoms with Crippen molar-refractivity contribution in [1.29, 1.82) is 0 Å². The Morgan fingerprint density at radius 2 is 1.90 bits per heavy atom. The minimum absolute atomic E-state index is 0.143. The summed E-state index contributed by atoms with van der Waals surface area (Å²) in [6.07, 6.45) is 0.970.